The van der Waals surface area contributed by atoms with Crippen LogP contribution in [0.1, 0.15) is 11.3 Å². The zero-order valence-corrected chi connectivity index (χ0v) is 14.2. The van der Waals surface area contributed by atoms with E-state index >= 15 is 0 Å². The highest BCUT2D eigenvalue weighted by Crippen LogP contribution is 2.37. The van der Waals surface area contributed by atoms with Crippen LogP contribution in [-0.4, -0.2) is 28.1 Å². The summed E-state index contributed by atoms with van der Waals surface area (Å²) in [4.78, 5) is 6.55. The number of halogens is 1. The van der Waals surface area contributed by atoms with Gasteiger partial charge in [-0.25, -0.2) is 0 Å². The second kappa shape index (κ2) is 6.78. The van der Waals surface area contributed by atoms with Crippen LogP contribution in [0.2, 0.25) is 5.02 Å². The van der Waals surface area contributed by atoms with E-state index in [1.807, 2.05) is 24.3 Å². The van der Waals surface area contributed by atoms with Crippen molar-refractivity contribution in [2.75, 3.05) is 13.2 Å². The number of benzene rings is 1. The van der Waals surface area contributed by atoms with Gasteiger partial charge in [-0.1, -0.05) is 11.6 Å². The highest BCUT2D eigenvalue weighted by atomic mass is 35.5. The zero-order chi connectivity index (χ0) is 17.2. The Morgan fingerprint density at radius 2 is 2.16 bits per heavy atom. The number of nitrogens with zero attached hydrogens (tertiary/aromatic N) is 2. The lowest BCUT2D eigenvalue weighted by Crippen LogP contribution is -2.25. The van der Waals surface area contributed by atoms with Gasteiger partial charge >= 0.3 is 0 Å². The number of aromatic nitrogens is 1. The van der Waals surface area contributed by atoms with Gasteiger partial charge in [0.15, 0.2) is 11.5 Å². The summed E-state index contributed by atoms with van der Waals surface area (Å²) in [7, 11) is 0. The fourth-order valence-corrected chi connectivity index (χ4v) is 3.12. The van der Waals surface area contributed by atoms with Crippen molar-refractivity contribution in [2.24, 2.45) is 0 Å². The van der Waals surface area contributed by atoms with Crippen LogP contribution in [0.3, 0.4) is 0 Å². The van der Waals surface area contributed by atoms with E-state index in [9.17, 15) is 5.11 Å². The molecule has 25 heavy (non-hydrogen) atoms. The Labute approximate surface area is 150 Å². The molecular weight excluding hydrogens is 340 g/mol. The van der Waals surface area contributed by atoms with Crippen molar-refractivity contribution < 1.29 is 14.3 Å². The molecule has 1 aromatic carbocycles. The number of aromatic hydroxyl groups is 1. The standard InChI is InChI=1S/C19H17ClN2O3/c20-15-3-4-17(21-10-15)13-8-14-11-22(12-16-2-1-6-24-16)5-7-25-19(14)18(23)9-13/h1-4,6,8-10,23H,5,7,11-12H2. The molecule has 1 N–H and O–H groups in total. The van der Waals surface area contributed by atoms with Crippen LogP contribution in [0.4, 0.5) is 0 Å². The summed E-state index contributed by atoms with van der Waals surface area (Å²) in [5, 5.41) is 11.0. The van der Waals surface area contributed by atoms with Crippen LogP contribution in [0.15, 0.2) is 53.3 Å². The third kappa shape index (κ3) is 3.48. The molecule has 0 unspecified atom stereocenters. The number of furan rings is 1. The van der Waals surface area contributed by atoms with Crippen molar-refractivity contribution in [3.05, 3.63) is 65.2 Å². The first-order valence-corrected chi connectivity index (χ1v) is 8.42. The van der Waals surface area contributed by atoms with Gasteiger partial charge in [0.25, 0.3) is 0 Å². The Kier molecular flexibility index (Phi) is 4.34. The van der Waals surface area contributed by atoms with Crippen molar-refractivity contribution in [1.82, 2.24) is 9.88 Å². The fraction of sp³-hybridized carbons (Fsp3) is 0.211. The summed E-state index contributed by atoms with van der Waals surface area (Å²) in [6, 6.07) is 11.1. The Morgan fingerprint density at radius 3 is 2.92 bits per heavy atom. The molecule has 0 bridgehead atoms. The minimum absolute atomic E-state index is 0.129. The number of rotatable bonds is 3. The monoisotopic (exact) mass is 356 g/mol. The Morgan fingerprint density at radius 1 is 1.24 bits per heavy atom. The first-order chi connectivity index (χ1) is 12.2. The number of fused-ring (bicyclic) bond motifs is 1. The van der Waals surface area contributed by atoms with Gasteiger partial charge in [-0.05, 0) is 36.4 Å². The van der Waals surface area contributed by atoms with Crippen LogP contribution in [-0.2, 0) is 13.1 Å². The maximum Gasteiger partial charge on any atom is 0.165 e. The van der Waals surface area contributed by atoms with E-state index in [1.165, 1.54) is 0 Å². The molecule has 0 atom stereocenters. The molecule has 0 fully saturated rings. The fourth-order valence-electron chi connectivity index (χ4n) is 3.01. The van der Waals surface area contributed by atoms with Gasteiger partial charge in [0.1, 0.15) is 12.4 Å². The molecule has 0 aliphatic carbocycles. The third-order valence-electron chi connectivity index (χ3n) is 4.18. The topological polar surface area (TPSA) is 58.7 Å². The molecule has 6 heteroatoms. The van der Waals surface area contributed by atoms with E-state index in [0.29, 0.717) is 30.5 Å². The summed E-state index contributed by atoms with van der Waals surface area (Å²) in [5.41, 5.74) is 2.51. The average molecular weight is 357 g/mol. The van der Waals surface area contributed by atoms with Crippen LogP contribution in [0.25, 0.3) is 11.3 Å². The largest absolute Gasteiger partial charge is 0.504 e. The molecule has 0 spiro atoms. The highest BCUT2D eigenvalue weighted by Gasteiger charge is 2.20. The molecule has 0 radical (unpaired) electrons. The lowest BCUT2D eigenvalue weighted by Gasteiger charge is -2.18. The second-order valence-electron chi connectivity index (χ2n) is 5.98. The molecule has 3 aromatic rings. The van der Waals surface area contributed by atoms with Crippen molar-refractivity contribution in [1.29, 1.82) is 0 Å². The normalized spacial score (nSPS) is 14.6. The SMILES string of the molecule is Oc1cc(-c2ccc(Cl)cn2)cc2c1OCCN(Cc1ccco1)C2. The number of hydrogen-bond acceptors (Lipinski definition) is 5. The quantitative estimate of drug-likeness (QED) is 0.765. The zero-order valence-electron chi connectivity index (χ0n) is 13.5. The van der Waals surface area contributed by atoms with Crippen LogP contribution < -0.4 is 4.74 Å². The molecule has 1 aliphatic heterocycles. The van der Waals surface area contributed by atoms with Gasteiger partial charge in [0.05, 0.1) is 23.5 Å². The van der Waals surface area contributed by atoms with Gasteiger partial charge in [-0.15, -0.1) is 0 Å². The number of phenols is 1. The van der Waals surface area contributed by atoms with E-state index in [-0.39, 0.29) is 5.75 Å². The lowest BCUT2D eigenvalue weighted by molar-refractivity contribution is 0.205. The van der Waals surface area contributed by atoms with Crippen LogP contribution in [0, 0.1) is 0 Å². The Balaban J connectivity index is 1.65. The number of pyridine rings is 1. The summed E-state index contributed by atoms with van der Waals surface area (Å²) in [6.07, 6.45) is 3.27. The molecule has 3 heterocycles. The van der Waals surface area contributed by atoms with E-state index < -0.39 is 0 Å². The predicted molar refractivity (Wildman–Crippen MR) is 94.7 cm³/mol. The van der Waals surface area contributed by atoms with Gasteiger partial charge < -0.3 is 14.3 Å². The lowest BCUT2D eigenvalue weighted by atomic mass is 10.0. The number of ether oxygens (including phenoxy) is 1. The molecular formula is C19H17ClN2O3. The smallest absolute Gasteiger partial charge is 0.165 e. The second-order valence-corrected chi connectivity index (χ2v) is 6.42. The maximum atomic E-state index is 10.4. The van der Waals surface area contributed by atoms with Gasteiger partial charge in [-0.2, -0.15) is 0 Å². The minimum Gasteiger partial charge on any atom is -0.504 e. The summed E-state index contributed by atoms with van der Waals surface area (Å²) < 4.78 is 11.2. The number of hydrogen-bond donors (Lipinski definition) is 1. The molecule has 0 saturated heterocycles. The summed E-state index contributed by atoms with van der Waals surface area (Å²) >= 11 is 5.91. The minimum atomic E-state index is 0.129. The van der Waals surface area contributed by atoms with Gasteiger partial charge in [0.2, 0.25) is 0 Å². The number of phenolic OH excluding ortho intramolecular Hbond substituents is 1. The first kappa shape index (κ1) is 16.0. The summed E-state index contributed by atoms with van der Waals surface area (Å²) in [6.45, 7) is 2.62. The van der Waals surface area contributed by atoms with Gasteiger partial charge in [-0.3, -0.25) is 9.88 Å². The maximum absolute atomic E-state index is 10.4. The highest BCUT2D eigenvalue weighted by molar-refractivity contribution is 6.30. The molecule has 2 aromatic heterocycles. The molecule has 128 valence electrons. The predicted octanol–water partition coefficient (Wildman–Crippen LogP) is 4.10. The van der Waals surface area contributed by atoms with E-state index in [4.69, 9.17) is 20.8 Å². The van der Waals surface area contributed by atoms with Crippen molar-refractivity contribution in [3.63, 3.8) is 0 Å². The van der Waals surface area contributed by atoms with Crippen LogP contribution >= 0.6 is 11.6 Å². The van der Waals surface area contributed by atoms with E-state index in [1.54, 1.807) is 24.6 Å². The Bertz CT molecular complexity index is 863. The average Bonchev–Trinajstić information content (AvgIpc) is 3.01. The van der Waals surface area contributed by atoms with Crippen LogP contribution in [0.5, 0.6) is 11.5 Å². The molecule has 0 amide bonds. The third-order valence-corrected chi connectivity index (χ3v) is 4.40. The van der Waals surface area contributed by atoms with E-state index in [0.717, 1.165) is 29.1 Å². The molecule has 4 rings (SSSR count). The van der Waals surface area contributed by atoms with Crippen molar-refractivity contribution in [3.8, 4) is 22.8 Å². The molecule has 5 nitrogen and oxygen atoms in total. The molecule has 1 aliphatic rings. The first-order valence-electron chi connectivity index (χ1n) is 8.04. The molecule has 0 saturated carbocycles. The van der Waals surface area contributed by atoms with Crippen molar-refractivity contribution in [2.45, 2.75) is 13.1 Å². The van der Waals surface area contributed by atoms with Crippen molar-refractivity contribution >= 4 is 11.6 Å². The Hall–Kier alpha value is -2.50. The summed E-state index contributed by atoms with van der Waals surface area (Å²) in [5.74, 6) is 1.58. The van der Waals surface area contributed by atoms with Gasteiger partial charge in [0, 0.05) is 30.4 Å². The van der Waals surface area contributed by atoms with E-state index in [2.05, 4.69) is 9.88 Å².